The van der Waals surface area contributed by atoms with Gasteiger partial charge in [-0.3, -0.25) is 4.79 Å². The zero-order valence-corrected chi connectivity index (χ0v) is 10.8. The summed E-state index contributed by atoms with van der Waals surface area (Å²) in [5.41, 5.74) is 0.851. The molecule has 3 atom stereocenters. The van der Waals surface area contributed by atoms with Crippen LogP contribution in [0.2, 0.25) is 0 Å². The van der Waals surface area contributed by atoms with Gasteiger partial charge in [0, 0.05) is 11.6 Å². The third-order valence-corrected chi connectivity index (χ3v) is 4.53. The summed E-state index contributed by atoms with van der Waals surface area (Å²) in [6.45, 7) is 0. The Labute approximate surface area is 109 Å². The number of hydrogen-bond acceptors (Lipinski definition) is 2. The monoisotopic (exact) mass is 243 g/mol. The van der Waals surface area contributed by atoms with Gasteiger partial charge in [-0.05, 0) is 31.6 Å². The van der Waals surface area contributed by atoms with Crippen molar-refractivity contribution >= 4 is 5.78 Å². The van der Waals surface area contributed by atoms with Crippen molar-refractivity contribution in [1.82, 2.24) is 5.32 Å². The van der Waals surface area contributed by atoms with Gasteiger partial charge in [-0.25, -0.2) is 0 Å². The summed E-state index contributed by atoms with van der Waals surface area (Å²) < 4.78 is 0. The number of benzene rings is 1. The lowest BCUT2D eigenvalue weighted by molar-refractivity contribution is 0.0861. The largest absolute Gasteiger partial charge is 0.304 e. The molecule has 1 N–H and O–H groups in total. The van der Waals surface area contributed by atoms with Crippen molar-refractivity contribution in [3.63, 3.8) is 0 Å². The zero-order valence-electron chi connectivity index (χ0n) is 10.8. The highest BCUT2D eigenvalue weighted by Crippen LogP contribution is 2.32. The molecule has 0 bridgehead atoms. The van der Waals surface area contributed by atoms with Crippen LogP contribution in [0.5, 0.6) is 0 Å². The van der Waals surface area contributed by atoms with E-state index < -0.39 is 0 Å². The van der Waals surface area contributed by atoms with Crippen LogP contribution in [0.15, 0.2) is 30.3 Å². The maximum absolute atomic E-state index is 12.4. The molecule has 0 aromatic heterocycles. The van der Waals surface area contributed by atoms with Crippen LogP contribution in [0.1, 0.15) is 48.9 Å². The maximum atomic E-state index is 12.4. The van der Waals surface area contributed by atoms with Gasteiger partial charge in [-0.1, -0.05) is 43.2 Å². The van der Waals surface area contributed by atoms with Crippen LogP contribution in [-0.2, 0) is 0 Å². The van der Waals surface area contributed by atoms with Crippen LogP contribution >= 0.6 is 0 Å². The molecular weight excluding hydrogens is 222 g/mol. The summed E-state index contributed by atoms with van der Waals surface area (Å²) >= 11 is 0. The van der Waals surface area contributed by atoms with Gasteiger partial charge in [-0.15, -0.1) is 0 Å². The molecule has 2 heteroatoms. The zero-order chi connectivity index (χ0) is 12.4. The summed E-state index contributed by atoms with van der Waals surface area (Å²) in [5.74, 6) is 1.10. The molecular formula is C16H21NO. The van der Waals surface area contributed by atoms with Crippen LogP contribution in [-0.4, -0.2) is 17.9 Å². The minimum Gasteiger partial charge on any atom is -0.304 e. The second-order valence-electron chi connectivity index (χ2n) is 5.68. The van der Waals surface area contributed by atoms with Gasteiger partial charge < -0.3 is 5.32 Å². The highest BCUT2D eigenvalue weighted by molar-refractivity contribution is 6.00. The van der Waals surface area contributed by atoms with Crippen LogP contribution < -0.4 is 5.32 Å². The number of ketones is 1. The standard InChI is InChI=1S/C16H21NO/c18-16(13-7-2-1-3-8-13)15-11-10-12-6-4-5-9-14(12)17-15/h1-3,7-8,12,14-15,17H,4-6,9-11H2. The molecule has 2 aliphatic rings. The van der Waals surface area contributed by atoms with Crippen LogP contribution in [0.3, 0.4) is 0 Å². The quantitative estimate of drug-likeness (QED) is 0.808. The molecule has 0 spiro atoms. The van der Waals surface area contributed by atoms with Crippen molar-refractivity contribution in [3.05, 3.63) is 35.9 Å². The fourth-order valence-corrected chi connectivity index (χ4v) is 3.51. The molecule has 2 fully saturated rings. The molecule has 1 aromatic carbocycles. The number of carbonyl (C=O) groups excluding carboxylic acids is 1. The molecule has 2 nitrogen and oxygen atoms in total. The van der Waals surface area contributed by atoms with E-state index in [4.69, 9.17) is 0 Å². The van der Waals surface area contributed by atoms with E-state index in [-0.39, 0.29) is 11.8 Å². The van der Waals surface area contributed by atoms with E-state index in [1.54, 1.807) is 0 Å². The molecule has 1 aromatic rings. The molecule has 1 aliphatic carbocycles. The van der Waals surface area contributed by atoms with Gasteiger partial charge in [0.25, 0.3) is 0 Å². The first kappa shape index (κ1) is 11.9. The first-order chi connectivity index (χ1) is 8.84. The van der Waals surface area contributed by atoms with Crippen molar-refractivity contribution in [3.8, 4) is 0 Å². The minimum absolute atomic E-state index is 0.0479. The van der Waals surface area contributed by atoms with Crippen molar-refractivity contribution < 1.29 is 4.79 Å². The highest BCUT2D eigenvalue weighted by Gasteiger charge is 2.34. The number of piperidine rings is 1. The lowest BCUT2D eigenvalue weighted by Crippen LogP contribution is -2.52. The predicted octanol–water partition coefficient (Wildman–Crippen LogP) is 3.18. The molecule has 18 heavy (non-hydrogen) atoms. The van der Waals surface area contributed by atoms with Gasteiger partial charge in [0.1, 0.15) is 0 Å². The summed E-state index contributed by atoms with van der Waals surface area (Å²) in [7, 11) is 0. The minimum atomic E-state index is 0.0479. The number of hydrogen-bond donors (Lipinski definition) is 1. The second kappa shape index (κ2) is 5.23. The van der Waals surface area contributed by atoms with Gasteiger partial charge in [-0.2, -0.15) is 0 Å². The highest BCUT2D eigenvalue weighted by atomic mass is 16.1. The normalized spacial score (nSPS) is 31.7. The number of fused-ring (bicyclic) bond motifs is 1. The molecule has 3 rings (SSSR count). The van der Waals surface area contributed by atoms with Crippen molar-refractivity contribution in [2.45, 2.75) is 50.6 Å². The second-order valence-corrected chi connectivity index (χ2v) is 5.68. The predicted molar refractivity (Wildman–Crippen MR) is 72.7 cm³/mol. The molecule has 1 heterocycles. The van der Waals surface area contributed by atoms with Crippen molar-refractivity contribution in [2.24, 2.45) is 5.92 Å². The average molecular weight is 243 g/mol. The Morgan fingerprint density at radius 1 is 1.00 bits per heavy atom. The number of nitrogens with one attached hydrogen (secondary N) is 1. The number of rotatable bonds is 2. The fraction of sp³-hybridized carbons (Fsp3) is 0.562. The first-order valence-corrected chi connectivity index (χ1v) is 7.20. The Morgan fingerprint density at radius 3 is 2.61 bits per heavy atom. The van der Waals surface area contributed by atoms with Gasteiger partial charge >= 0.3 is 0 Å². The van der Waals surface area contributed by atoms with E-state index in [9.17, 15) is 4.79 Å². The van der Waals surface area contributed by atoms with Crippen LogP contribution in [0.25, 0.3) is 0 Å². The molecule has 0 radical (unpaired) electrons. The maximum Gasteiger partial charge on any atom is 0.179 e. The van der Waals surface area contributed by atoms with E-state index in [0.717, 1.165) is 17.9 Å². The summed E-state index contributed by atoms with van der Waals surface area (Å²) in [4.78, 5) is 12.4. The van der Waals surface area contributed by atoms with E-state index in [2.05, 4.69) is 5.32 Å². The van der Waals surface area contributed by atoms with Gasteiger partial charge in [0.05, 0.1) is 6.04 Å². The smallest absolute Gasteiger partial charge is 0.179 e. The lowest BCUT2D eigenvalue weighted by Gasteiger charge is -2.40. The van der Waals surface area contributed by atoms with E-state index in [0.29, 0.717) is 6.04 Å². The average Bonchev–Trinajstić information content (AvgIpc) is 2.47. The number of Topliss-reactive ketones (excluding diaryl/α,β-unsaturated/α-hetero) is 1. The van der Waals surface area contributed by atoms with Gasteiger partial charge in [0.2, 0.25) is 0 Å². The van der Waals surface area contributed by atoms with E-state index in [1.807, 2.05) is 30.3 Å². The van der Waals surface area contributed by atoms with Crippen LogP contribution in [0, 0.1) is 5.92 Å². The molecule has 3 unspecified atom stereocenters. The Hall–Kier alpha value is -1.15. The third kappa shape index (κ3) is 2.35. The van der Waals surface area contributed by atoms with Crippen molar-refractivity contribution in [2.75, 3.05) is 0 Å². The summed E-state index contributed by atoms with van der Waals surface area (Å²) in [6, 6.07) is 10.3. The first-order valence-electron chi connectivity index (χ1n) is 7.20. The van der Waals surface area contributed by atoms with Gasteiger partial charge in [0.15, 0.2) is 5.78 Å². The third-order valence-electron chi connectivity index (χ3n) is 4.53. The van der Waals surface area contributed by atoms with E-state index in [1.165, 1.54) is 32.1 Å². The Morgan fingerprint density at radius 2 is 1.78 bits per heavy atom. The molecule has 0 amide bonds. The van der Waals surface area contributed by atoms with Crippen LogP contribution in [0.4, 0.5) is 0 Å². The summed E-state index contributed by atoms with van der Waals surface area (Å²) in [6.07, 6.45) is 7.53. The Bertz CT molecular complexity index is 414. The fourth-order valence-electron chi connectivity index (χ4n) is 3.51. The molecule has 1 aliphatic heterocycles. The Balaban J connectivity index is 1.69. The topological polar surface area (TPSA) is 29.1 Å². The molecule has 1 saturated carbocycles. The molecule has 96 valence electrons. The lowest BCUT2D eigenvalue weighted by atomic mass is 9.77. The van der Waals surface area contributed by atoms with E-state index >= 15 is 0 Å². The summed E-state index contributed by atoms with van der Waals surface area (Å²) in [5, 5.41) is 3.60. The Kier molecular flexibility index (Phi) is 3.46. The van der Waals surface area contributed by atoms with Crippen molar-refractivity contribution in [1.29, 1.82) is 0 Å². The number of carbonyl (C=O) groups is 1. The SMILES string of the molecule is O=C(c1ccccc1)C1CCC2CCCCC2N1. The molecule has 1 saturated heterocycles.